The fraction of sp³-hybridized carbons (Fsp3) is 0.154. The van der Waals surface area contributed by atoms with Gasteiger partial charge in [0.25, 0.3) is 0 Å². The predicted molar refractivity (Wildman–Crippen MR) is 73.8 cm³/mol. The molecule has 0 saturated carbocycles. The first-order chi connectivity index (χ1) is 9.15. The van der Waals surface area contributed by atoms with Crippen LogP contribution in [-0.2, 0) is 9.84 Å². The average Bonchev–Trinajstić information content (AvgIpc) is 2.93. The van der Waals surface area contributed by atoms with Gasteiger partial charge in [0.2, 0.25) is 0 Å². The maximum atomic E-state index is 12.3. The van der Waals surface area contributed by atoms with E-state index in [2.05, 4.69) is 10.3 Å². The van der Waals surface area contributed by atoms with Gasteiger partial charge >= 0.3 is 0 Å². The third-order valence-electron chi connectivity index (χ3n) is 2.58. The van der Waals surface area contributed by atoms with Gasteiger partial charge in [-0.1, -0.05) is 18.2 Å². The molecule has 0 aliphatic heterocycles. The average molecular weight is 277 g/mol. The minimum Gasteiger partial charge on any atom is -0.394 e. The summed E-state index contributed by atoms with van der Waals surface area (Å²) in [6, 6.07) is 6.89. The monoisotopic (exact) mass is 277 g/mol. The third kappa shape index (κ3) is 3.03. The van der Waals surface area contributed by atoms with Crippen molar-refractivity contribution in [1.82, 2.24) is 14.9 Å². The highest BCUT2D eigenvalue weighted by Gasteiger charge is 2.17. The fourth-order valence-corrected chi connectivity index (χ4v) is 3.02. The van der Waals surface area contributed by atoms with E-state index in [-0.39, 0.29) is 5.75 Å². The first-order valence-corrected chi connectivity index (χ1v) is 7.43. The van der Waals surface area contributed by atoms with Gasteiger partial charge in [0.15, 0.2) is 9.84 Å². The Balaban J connectivity index is 2.43. The summed E-state index contributed by atoms with van der Waals surface area (Å²) >= 11 is 0. The first kappa shape index (κ1) is 13.4. The zero-order valence-corrected chi connectivity index (χ0v) is 11.3. The maximum absolute atomic E-state index is 12.3. The van der Waals surface area contributed by atoms with Crippen LogP contribution in [0.5, 0.6) is 0 Å². The summed E-state index contributed by atoms with van der Waals surface area (Å²) in [5, 5.41) is 2.77. The lowest BCUT2D eigenvalue weighted by molar-refractivity contribution is 0.598. The van der Waals surface area contributed by atoms with E-state index in [9.17, 15) is 8.42 Å². The highest BCUT2D eigenvalue weighted by molar-refractivity contribution is 7.91. The van der Waals surface area contributed by atoms with Crippen LogP contribution in [0.1, 0.15) is 0 Å². The lowest BCUT2D eigenvalue weighted by Crippen LogP contribution is -2.09. The molecule has 0 unspecified atom stereocenters. The normalized spacial score (nSPS) is 11.8. The molecule has 0 aliphatic rings. The number of nitrogens with zero attached hydrogens (tertiary/aromatic N) is 2. The topological polar surface area (TPSA) is 64.0 Å². The largest absolute Gasteiger partial charge is 0.394 e. The van der Waals surface area contributed by atoms with Crippen molar-refractivity contribution in [1.29, 1.82) is 0 Å². The summed E-state index contributed by atoms with van der Waals surface area (Å²) in [6.45, 7) is 0. The number of aromatic nitrogens is 2. The first-order valence-electron chi connectivity index (χ1n) is 5.77. The Bertz CT molecular complexity index is 661. The van der Waals surface area contributed by atoms with Crippen LogP contribution in [-0.4, -0.2) is 30.8 Å². The Hall–Kier alpha value is -2.08. The van der Waals surface area contributed by atoms with Crippen LogP contribution in [0.4, 0.5) is 0 Å². The number of benzene rings is 1. The van der Waals surface area contributed by atoms with Gasteiger partial charge in [-0.15, -0.1) is 0 Å². The minimum absolute atomic E-state index is 0.0421. The molecule has 1 aromatic heterocycles. The van der Waals surface area contributed by atoms with Crippen LogP contribution < -0.4 is 5.32 Å². The highest BCUT2D eigenvalue weighted by Crippen LogP contribution is 2.20. The SMILES string of the molecule is CNC=CCS(=O)(=O)c1ccccc1-n1ccnc1. The van der Waals surface area contributed by atoms with Gasteiger partial charge in [0, 0.05) is 19.4 Å². The number of rotatable bonds is 5. The van der Waals surface area contributed by atoms with Crippen molar-refractivity contribution in [2.75, 3.05) is 12.8 Å². The Labute approximate surface area is 112 Å². The van der Waals surface area contributed by atoms with E-state index in [1.807, 2.05) is 0 Å². The van der Waals surface area contributed by atoms with Crippen molar-refractivity contribution in [3.8, 4) is 5.69 Å². The van der Waals surface area contributed by atoms with E-state index in [0.29, 0.717) is 10.6 Å². The minimum atomic E-state index is -3.36. The Kier molecular flexibility index (Phi) is 4.01. The molecule has 0 atom stereocenters. The zero-order valence-electron chi connectivity index (χ0n) is 10.5. The van der Waals surface area contributed by atoms with Crippen LogP contribution in [0.25, 0.3) is 5.69 Å². The molecule has 100 valence electrons. The second-order valence-corrected chi connectivity index (χ2v) is 5.91. The van der Waals surface area contributed by atoms with Crippen molar-refractivity contribution in [2.24, 2.45) is 0 Å². The molecule has 1 aromatic carbocycles. The summed E-state index contributed by atoms with van der Waals surface area (Å²) in [7, 11) is -1.64. The van der Waals surface area contributed by atoms with Crippen molar-refractivity contribution in [3.05, 3.63) is 55.3 Å². The fourth-order valence-electron chi connectivity index (χ4n) is 1.72. The summed E-state index contributed by atoms with van der Waals surface area (Å²) < 4.78 is 26.3. The van der Waals surface area contributed by atoms with Gasteiger partial charge in [-0.05, 0) is 18.3 Å². The lowest BCUT2D eigenvalue weighted by atomic mass is 10.3. The predicted octanol–water partition coefficient (Wildman–Crippen LogP) is 1.38. The van der Waals surface area contributed by atoms with E-state index in [0.717, 1.165) is 0 Å². The molecule has 0 spiro atoms. The molecule has 0 amide bonds. The van der Waals surface area contributed by atoms with Crippen LogP contribution in [0.3, 0.4) is 0 Å². The molecular formula is C13H15N3O2S. The van der Waals surface area contributed by atoms with E-state index in [1.165, 1.54) is 0 Å². The van der Waals surface area contributed by atoms with E-state index < -0.39 is 9.84 Å². The van der Waals surface area contributed by atoms with Gasteiger partial charge in [0.1, 0.15) is 0 Å². The molecule has 0 saturated heterocycles. The van der Waals surface area contributed by atoms with Crippen molar-refractivity contribution in [2.45, 2.75) is 4.90 Å². The summed E-state index contributed by atoms with van der Waals surface area (Å²) in [4.78, 5) is 4.24. The van der Waals surface area contributed by atoms with E-state index in [4.69, 9.17) is 0 Å². The third-order valence-corrected chi connectivity index (χ3v) is 4.23. The number of sulfone groups is 1. The van der Waals surface area contributed by atoms with Crippen molar-refractivity contribution < 1.29 is 8.42 Å². The zero-order chi connectivity index (χ0) is 13.7. The summed E-state index contributed by atoms with van der Waals surface area (Å²) in [6.07, 6.45) is 8.11. The van der Waals surface area contributed by atoms with Crippen LogP contribution in [0, 0.1) is 0 Å². The van der Waals surface area contributed by atoms with Crippen LogP contribution >= 0.6 is 0 Å². The Morgan fingerprint density at radius 2 is 2.16 bits per heavy atom. The summed E-state index contributed by atoms with van der Waals surface area (Å²) in [5.74, 6) is -0.0421. The van der Waals surface area contributed by atoms with Gasteiger partial charge in [0.05, 0.1) is 22.7 Å². The molecule has 5 nitrogen and oxygen atoms in total. The van der Waals surface area contributed by atoms with E-state index >= 15 is 0 Å². The highest BCUT2D eigenvalue weighted by atomic mass is 32.2. The number of para-hydroxylation sites is 1. The molecule has 2 rings (SSSR count). The molecular weight excluding hydrogens is 262 g/mol. The lowest BCUT2D eigenvalue weighted by Gasteiger charge is -2.09. The molecule has 6 heteroatoms. The van der Waals surface area contributed by atoms with Gasteiger partial charge in [-0.3, -0.25) is 0 Å². The Morgan fingerprint density at radius 1 is 1.37 bits per heavy atom. The second kappa shape index (κ2) is 5.71. The molecule has 2 aromatic rings. The number of hydrogen-bond acceptors (Lipinski definition) is 4. The Morgan fingerprint density at radius 3 is 2.84 bits per heavy atom. The molecule has 0 bridgehead atoms. The number of nitrogens with one attached hydrogen (secondary N) is 1. The van der Waals surface area contributed by atoms with E-state index in [1.54, 1.807) is 66.9 Å². The van der Waals surface area contributed by atoms with Crippen molar-refractivity contribution in [3.63, 3.8) is 0 Å². The van der Waals surface area contributed by atoms with Crippen LogP contribution in [0.15, 0.2) is 60.2 Å². The smallest absolute Gasteiger partial charge is 0.184 e. The quantitative estimate of drug-likeness (QED) is 0.896. The molecule has 1 N–H and O–H groups in total. The molecule has 0 radical (unpaired) electrons. The van der Waals surface area contributed by atoms with Gasteiger partial charge < -0.3 is 9.88 Å². The second-order valence-electron chi connectivity index (χ2n) is 3.91. The molecule has 0 aliphatic carbocycles. The molecule has 19 heavy (non-hydrogen) atoms. The number of hydrogen-bond donors (Lipinski definition) is 1. The van der Waals surface area contributed by atoms with Gasteiger partial charge in [-0.2, -0.15) is 0 Å². The van der Waals surface area contributed by atoms with Gasteiger partial charge in [-0.25, -0.2) is 13.4 Å². The number of imidazole rings is 1. The maximum Gasteiger partial charge on any atom is 0.184 e. The molecule has 1 heterocycles. The van der Waals surface area contributed by atoms with Crippen LogP contribution in [0.2, 0.25) is 0 Å². The summed E-state index contributed by atoms with van der Waals surface area (Å²) in [5.41, 5.74) is 0.609. The molecule has 0 fully saturated rings. The van der Waals surface area contributed by atoms with Crippen molar-refractivity contribution >= 4 is 9.84 Å². The standard InChI is InChI=1S/C13H15N3O2S/c1-14-7-4-10-19(17,18)13-6-3-2-5-12(13)16-9-8-15-11-16/h2-9,11,14H,10H2,1H3.